The van der Waals surface area contributed by atoms with Crippen molar-refractivity contribution in [1.29, 1.82) is 0 Å². The quantitative estimate of drug-likeness (QED) is 0.489. The van der Waals surface area contributed by atoms with E-state index in [2.05, 4.69) is 104 Å². The number of rotatable bonds is 5. The molecule has 120 valence electrons. The molecule has 0 amide bonds. The maximum absolute atomic E-state index is 4.61. The summed E-state index contributed by atoms with van der Waals surface area (Å²) in [6, 6.07) is 30.5. The Balaban J connectivity index is 2.14. The largest absolute Gasteiger partial charge is 0.290 e. The maximum atomic E-state index is 4.61. The summed E-state index contributed by atoms with van der Waals surface area (Å²) < 4.78 is 0. The van der Waals surface area contributed by atoms with Crippen molar-refractivity contribution in [3.63, 3.8) is 0 Å². The molecule has 1 nitrogen and oxygen atoms in total. The fraction of sp³-hybridized carbons (Fsp3) is 0.136. The van der Waals surface area contributed by atoms with E-state index in [0.29, 0.717) is 6.04 Å². The lowest BCUT2D eigenvalue weighted by atomic mass is 10.2. The molecule has 0 heterocycles. The Morgan fingerprint density at radius 2 is 1.21 bits per heavy atom. The summed E-state index contributed by atoms with van der Waals surface area (Å²) in [6.07, 6.45) is 2.03. The molecule has 0 saturated heterocycles. The van der Waals surface area contributed by atoms with Crippen LogP contribution in [0.15, 0.2) is 89.9 Å². The molecule has 24 heavy (non-hydrogen) atoms. The minimum absolute atomic E-state index is 0.303. The summed E-state index contributed by atoms with van der Waals surface area (Å²) in [5, 5.41) is 4.09. The molecule has 0 fully saturated rings. The van der Waals surface area contributed by atoms with Gasteiger partial charge >= 0.3 is 0 Å². The molecule has 0 bridgehead atoms. The van der Waals surface area contributed by atoms with E-state index >= 15 is 0 Å². The molecule has 0 aliphatic rings. The van der Waals surface area contributed by atoms with E-state index in [1.807, 2.05) is 6.21 Å². The zero-order valence-electron chi connectivity index (χ0n) is 14.1. The summed E-state index contributed by atoms with van der Waals surface area (Å²) in [4.78, 5) is 4.61. The highest BCUT2D eigenvalue weighted by Gasteiger charge is 2.18. The fourth-order valence-electron chi connectivity index (χ4n) is 2.61. The molecule has 0 saturated carbocycles. The normalized spacial score (nSPS) is 11.5. The van der Waals surface area contributed by atoms with Crippen LogP contribution in [0.25, 0.3) is 0 Å². The Hall–Kier alpha value is -2.24. The van der Waals surface area contributed by atoms with Crippen LogP contribution in [0.3, 0.4) is 0 Å². The van der Waals surface area contributed by atoms with Crippen LogP contribution in [0.2, 0.25) is 0 Å². The summed E-state index contributed by atoms with van der Waals surface area (Å²) in [5.74, 6) is 0. The molecule has 2 heteroatoms. The summed E-state index contributed by atoms with van der Waals surface area (Å²) in [7, 11) is -0.589. The van der Waals surface area contributed by atoms with Crippen molar-refractivity contribution in [3.8, 4) is 0 Å². The number of aliphatic imine (C=N–C) groups is 1. The first-order valence-electron chi connectivity index (χ1n) is 8.28. The van der Waals surface area contributed by atoms with Crippen molar-refractivity contribution in [2.75, 3.05) is 0 Å². The summed E-state index contributed by atoms with van der Waals surface area (Å²) >= 11 is 0. The van der Waals surface area contributed by atoms with Gasteiger partial charge < -0.3 is 0 Å². The highest BCUT2D eigenvalue weighted by molar-refractivity contribution is 7.80. The lowest BCUT2D eigenvalue weighted by Gasteiger charge is -2.21. The summed E-state index contributed by atoms with van der Waals surface area (Å²) in [6.45, 7) is 4.21. The van der Waals surface area contributed by atoms with Gasteiger partial charge in [-0.05, 0) is 37.7 Å². The number of hydrogen-bond donors (Lipinski definition) is 0. The van der Waals surface area contributed by atoms with E-state index in [4.69, 9.17) is 0 Å². The highest BCUT2D eigenvalue weighted by atomic mass is 31.1. The van der Waals surface area contributed by atoms with Crippen molar-refractivity contribution in [2.45, 2.75) is 19.9 Å². The first-order chi connectivity index (χ1) is 11.8. The van der Waals surface area contributed by atoms with Crippen LogP contribution in [-0.2, 0) is 0 Å². The number of hydrogen-bond acceptors (Lipinski definition) is 1. The lowest BCUT2D eigenvalue weighted by molar-refractivity contribution is 0.841. The highest BCUT2D eigenvalue weighted by Crippen LogP contribution is 2.33. The average molecular weight is 331 g/mol. The van der Waals surface area contributed by atoms with Gasteiger partial charge in [0.15, 0.2) is 0 Å². The van der Waals surface area contributed by atoms with Crippen LogP contribution in [0.5, 0.6) is 0 Å². The second-order valence-corrected chi connectivity index (χ2v) is 8.12. The molecule has 3 aromatic carbocycles. The van der Waals surface area contributed by atoms with E-state index in [-0.39, 0.29) is 0 Å². The van der Waals surface area contributed by atoms with Crippen molar-refractivity contribution in [2.24, 2.45) is 4.99 Å². The van der Waals surface area contributed by atoms with Crippen LogP contribution in [0.4, 0.5) is 0 Å². The fourth-order valence-corrected chi connectivity index (χ4v) is 5.03. The van der Waals surface area contributed by atoms with Gasteiger partial charge in [-0.15, -0.1) is 0 Å². The zero-order valence-corrected chi connectivity index (χ0v) is 15.0. The van der Waals surface area contributed by atoms with Gasteiger partial charge in [-0.2, -0.15) is 0 Å². The van der Waals surface area contributed by atoms with Gasteiger partial charge in [0, 0.05) is 17.8 Å². The van der Waals surface area contributed by atoms with Gasteiger partial charge in [0.1, 0.15) is 0 Å². The van der Waals surface area contributed by atoms with Crippen molar-refractivity contribution >= 4 is 30.0 Å². The van der Waals surface area contributed by atoms with Gasteiger partial charge in [0.25, 0.3) is 0 Å². The molecule has 0 aromatic heterocycles. The van der Waals surface area contributed by atoms with E-state index in [0.717, 1.165) is 0 Å². The third-order valence-electron chi connectivity index (χ3n) is 3.72. The van der Waals surface area contributed by atoms with Gasteiger partial charge in [-0.1, -0.05) is 84.9 Å². The molecule has 0 N–H and O–H groups in total. The number of nitrogens with zero attached hydrogens (tertiary/aromatic N) is 1. The third kappa shape index (κ3) is 3.99. The molecule has 0 radical (unpaired) electrons. The molecule has 3 aromatic rings. The molecule has 0 aliphatic carbocycles. The van der Waals surface area contributed by atoms with Crippen LogP contribution in [0.1, 0.15) is 19.4 Å². The molecular weight excluding hydrogens is 309 g/mol. The minimum atomic E-state index is -0.589. The smallest absolute Gasteiger partial charge is 0.0443 e. The van der Waals surface area contributed by atoms with Gasteiger partial charge in [0.05, 0.1) is 0 Å². The Kier molecular flexibility index (Phi) is 5.56. The van der Waals surface area contributed by atoms with E-state index in [1.165, 1.54) is 21.5 Å². The first-order valence-corrected chi connectivity index (χ1v) is 9.62. The lowest BCUT2D eigenvalue weighted by Crippen LogP contribution is -2.23. The van der Waals surface area contributed by atoms with Crippen LogP contribution >= 0.6 is 7.92 Å². The Bertz CT molecular complexity index is 755. The Morgan fingerprint density at radius 3 is 1.75 bits per heavy atom. The van der Waals surface area contributed by atoms with E-state index in [1.54, 1.807) is 0 Å². The van der Waals surface area contributed by atoms with Crippen LogP contribution < -0.4 is 15.9 Å². The molecule has 0 aliphatic heterocycles. The molecular formula is C22H22NP. The summed E-state index contributed by atoms with van der Waals surface area (Å²) in [5.41, 5.74) is 1.21. The second kappa shape index (κ2) is 8.04. The minimum Gasteiger partial charge on any atom is -0.290 e. The molecule has 0 spiro atoms. The van der Waals surface area contributed by atoms with Gasteiger partial charge in [0.2, 0.25) is 0 Å². The second-order valence-electron chi connectivity index (χ2n) is 5.94. The standard InChI is InChI=1S/C22H22NP/c1-18(2)23-17-19-11-9-10-16-22(19)24(20-12-5-3-6-13-20)21-14-7-4-8-15-21/h3-18H,1-2H3. The van der Waals surface area contributed by atoms with Gasteiger partial charge in [-0.3, -0.25) is 4.99 Å². The van der Waals surface area contributed by atoms with Crippen molar-refractivity contribution < 1.29 is 0 Å². The van der Waals surface area contributed by atoms with Crippen LogP contribution in [-0.4, -0.2) is 12.3 Å². The van der Waals surface area contributed by atoms with Gasteiger partial charge in [-0.25, -0.2) is 0 Å². The Morgan fingerprint density at radius 1 is 0.708 bits per heavy atom. The topological polar surface area (TPSA) is 12.4 Å². The van der Waals surface area contributed by atoms with Crippen LogP contribution in [0, 0.1) is 0 Å². The molecule has 0 atom stereocenters. The third-order valence-corrected chi connectivity index (χ3v) is 6.24. The predicted octanol–water partition coefficient (Wildman–Crippen LogP) is 4.27. The zero-order chi connectivity index (χ0) is 16.8. The SMILES string of the molecule is CC(C)N=Cc1ccccc1P(c1ccccc1)c1ccccc1. The van der Waals surface area contributed by atoms with Crippen molar-refractivity contribution in [3.05, 3.63) is 90.5 Å². The van der Waals surface area contributed by atoms with E-state index in [9.17, 15) is 0 Å². The van der Waals surface area contributed by atoms with E-state index < -0.39 is 7.92 Å². The Labute approximate surface area is 145 Å². The monoisotopic (exact) mass is 331 g/mol. The maximum Gasteiger partial charge on any atom is 0.0443 e. The average Bonchev–Trinajstić information content (AvgIpc) is 2.63. The first kappa shape index (κ1) is 16.6. The number of benzene rings is 3. The van der Waals surface area contributed by atoms with Crippen molar-refractivity contribution in [1.82, 2.24) is 0 Å². The molecule has 3 rings (SSSR count). The predicted molar refractivity (Wildman–Crippen MR) is 108 cm³/mol. The molecule has 0 unspecified atom stereocenters.